The van der Waals surface area contributed by atoms with Crippen LogP contribution in [0.25, 0.3) is 0 Å². The second-order valence-electron chi connectivity index (χ2n) is 4.70. The number of pyridine rings is 1. The van der Waals surface area contributed by atoms with Crippen LogP contribution in [0.1, 0.15) is 11.6 Å². The summed E-state index contributed by atoms with van der Waals surface area (Å²) in [4.78, 5) is 18.8. The van der Waals surface area contributed by atoms with Crippen LogP contribution in [0, 0.1) is 10.1 Å². The van der Waals surface area contributed by atoms with Gasteiger partial charge in [-0.05, 0) is 5.56 Å². The van der Waals surface area contributed by atoms with Crippen molar-refractivity contribution in [3.63, 3.8) is 0 Å². The van der Waals surface area contributed by atoms with Crippen LogP contribution in [0.5, 0.6) is 0 Å². The Hall–Kier alpha value is -2.64. The zero-order valence-electron chi connectivity index (χ0n) is 10.8. The summed E-state index contributed by atoms with van der Waals surface area (Å²) in [7, 11) is 1.92. The fraction of sp³-hybridized carbons (Fsp3) is 0.333. The van der Waals surface area contributed by atoms with Gasteiger partial charge in [0.1, 0.15) is 19.4 Å². The van der Waals surface area contributed by atoms with Crippen LogP contribution in [0.3, 0.4) is 0 Å². The van der Waals surface area contributed by atoms with Gasteiger partial charge in [0.25, 0.3) is 6.04 Å². The van der Waals surface area contributed by atoms with Crippen molar-refractivity contribution in [3.8, 4) is 0 Å². The molecule has 0 aliphatic carbocycles. The monoisotopic (exact) mass is 273 g/mol. The average Bonchev–Trinajstić information content (AvgIpc) is 2.90. The topological polar surface area (TPSA) is 90.1 Å². The lowest BCUT2D eigenvalue weighted by molar-refractivity contribution is -0.671. The molecule has 0 N–H and O–H groups in total. The fourth-order valence-corrected chi connectivity index (χ4v) is 2.27. The fourth-order valence-electron chi connectivity index (χ4n) is 2.27. The van der Waals surface area contributed by atoms with Gasteiger partial charge in [0, 0.05) is 23.5 Å². The highest BCUT2D eigenvalue weighted by Crippen LogP contribution is 2.26. The molecule has 1 aliphatic heterocycles. The Morgan fingerprint density at radius 1 is 1.45 bits per heavy atom. The van der Waals surface area contributed by atoms with E-state index in [1.165, 1.54) is 17.2 Å². The van der Waals surface area contributed by atoms with E-state index in [1.807, 2.05) is 36.1 Å². The first kappa shape index (κ1) is 12.4. The van der Waals surface area contributed by atoms with E-state index in [2.05, 4.69) is 15.1 Å². The van der Waals surface area contributed by atoms with Gasteiger partial charge < -0.3 is 0 Å². The predicted octanol–water partition coefficient (Wildman–Crippen LogP) is 0.248. The summed E-state index contributed by atoms with van der Waals surface area (Å²) in [5, 5.41) is 15.3. The largest absolute Gasteiger partial charge is 0.270 e. The summed E-state index contributed by atoms with van der Waals surface area (Å²) in [5.41, 5.74) is 1.01. The molecule has 3 rings (SSSR count). The van der Waals surface area contributed by atoms with Gasteiger partial charge in [0.05, 0.1) is 6.21 Å². The van der Waals surface area contributed by atoms with Crippen molar-refractivity contribution in [3.05, 3.63) is 46.5 Å². The molecule has 3 heterocycles. The standard InChI is InChI=1S/C12H13N6O2/c1-16-4-2-9(3-5-16)6-10-11(18(19)20)7-13-12-14-8-15-17(10)12/h2-5,7-8,10-11H,6H2,1H3/q+1/t10-,11+/m0/s1. The van der Waals surface area contributed by atoms with Crippen molar-refractivity contribution in [2.24, 2.45) is 12.0 Å². The number of nitro groups is 1. The minimum atomic E-state index is -0.891. The molecule has 8 nitrogen and oxygen atoms in total. The molecule has 2 atom stereocenters. The van der Waals surface area contributed by atoms with E-state index in [-0.39, 0.29) is 4.92 Å². The summed E-state index contributed by atoms with van der Waals surface area (Å²) in [6, 6.07) is 2.59. The van der Waals surface area contributed by atoms with E-state index in [9.17, 15) is 10.1 Å². The number of rotatable bonds is 3. The van der Waals surface area contributed by atoms with E-state index >= 15 is 0 Å². The summed E-state index contributed by atoms with van der Waals surface area (Å²) in [5.74, 6) is 0.412. The molecule has 0 unspecified atom stereocenters. The lowest BCUT2D eigenvalue weighted by Gasteiger charge is -2.21. The lowest BCUT2D eigenvalue weighted by Crippen LogP contribution is -2.37. The van der Waals surface area contributed by atoms with Crippen molar-refractivity contribution in [1.29, 1.82) is 0 Å². The van der Waals surface area contributed by atoms with Crippen molar-refractivity contribution >= 4 is 12.2 Å². The average molecular weight is 273 g/mol. The zero-order valence-corrected chi connectivity index (χ0v) is 10.8. The Morgan fingerprint density at radius 2 is 2.20 bits per heavy atom. The first-order valence-electron chi connectivity index (χ1n) is 6.16. The second-order valence-corrected chi connectivity index (χ2v) is 4.70. The van der Waals surface area contributed by atoms with Crippen molar-refractivity contribution in [1.82, 2.24) is 14.8 Å². The smallest absolute Gasteiger partial charge is 0.264 e. The molecule has 0 radical (unpaired) electrons. The molecule has 0 amide bonds. The molecule has 2 aromatic heterocycles. The Morgan fingerprint density at radius 3 is 2.90 bits per heavy atom. The summed E-state index contributed by atoms with van der Waals surface area (Å²) in [6.07, 6.45) is 7.05. The maximum Gasteiger partial charge on any atom is 0.270 e. The molecule has 102 valence electrons. The molecule has 0 saturated carbocycles. The normalized spacial score (nSPS) is 20.6. The molecule has 20 heavy (non-hydrogen) atoms. The third kappa shape index (κ3) is 2.15. The van der Waals surface area contributed by atoms with Crippen LogP contribution >= 0.6 is 0 Å². The van der Waals surface area contributed by atoms with E-state index < -0.39 is 12.1 Å². The van der Waals surface area contributed by atoms with Gasteiger partial charge >= 0.3 is 0 Å². The Balaban J connectivity index is 1.94. The highest BCUT2D eigenvalue weighted by Gasteiger charge is 2.36. The van der Waals surface area contributed by atoms with Gasteiger partial charge in [-0.25, -0.2) is 14.2 Å². The molecule has 0 fully saturated rings. The van der Waals surface area contributed by atoms with Crippen LogP contribution in [-0.2, 0) is 13.5 Å². The van der Waals surface area contributed by atoms with E-state index in [4.69, 9.17) is 0 Å². The number of fused-ring (bicyclic) bond motifs is 1. The van der Waals surface area contributed by atoms with Gasteiger partial charge in [-0.3, -0.25) is 10.1 Å². The van der Waals surface area contributed by atoms with Crippen LogP contribution < -0.4 is 4.57 Å². The van der Waals surface area contributed by atoms with Crippen molar-refractivity contribution in [2.75, 3.05) is 0 Å². The zero-order chi connectivity index (χ0) is 14.1. The quantitative estimate of drug-likeness (QED) is 0.455. The predicted molar refractivity (Wildman–Crippen MR) is 69.3 cm³/mol. The number of aromatic nitrogens is 4. The summed E-state index contributed by atoms with van der Waals surface area (Å²) in [6.45, 7) is 0. The van der Waals surface area contributed by atoms with Crippen LogP contribution in [0.15, 0.2) is 35.8 Å². The molecule has 0 aromatic carbocycles. The van der Waals surface area contributed by atoms with Gasteiger partial charge in [-0.2, -0.15) is 10.1 Å². The van der Waals surface area contributed by atoms with Crippen LogP contribution in [-0.4, -0.2) is 31.9 Å². The second kappa shape index (κ2) is 4.80. The number of hydrogen-bond acceptors (Lipinski definition) is 5. The van der Waals surface area contributed by atoms with Gasteiger partial charge in [0.15, 0.2) is 12.4 Å². The number of aliphatic imine (C=N–C) groups is 1. The van der Waals surface area contributed by atoms with Crippen LogP contribution in [0.2, 0.25) is 0 Å². The highest BCUT2D eigenvalue weighted by atomic mass is 16.6. The van der Waals surface area contributed by atoms with E-state index in [0.29, 0.717) is 12.4 Å². The molecular formula is C12H13N6O2+. The third-order valence-electron chi connectivity index (χ3n) is 3.34. The van der Waals surface area contributed by atoms with Gasteiger partial charge in [-0.15, -0.1) is 0 Å². The first-order chi connectivity index (χ1) is 9.65. The van der Waals surface area contributed by atoms with Crippen molar-refractivity contribution in [2.45, 2.75) is 18.5 Å². The summed E-state index contributed by atoms with van der Waals surface area (Å²) >= 11 is 0. The Labute approximate surface area is 114 Å². The first-order valence-corrected chi connectivity index (χ1v) is 6.16. The molecule has 8 heteroatoms. The SMILES string of the molecule is C[n+]1ccc(C[C@H]2[C@H]([N+](=O)[O-])C=Nc3ncnn32)cc1. The van der Waals surface area contributed by atoms with Gasteiger partial charge in [0.2, 0.25) is 5.95 Å². The maximum absolute atomic E-state index is 11.2. The number of nitrogens with zero attached hydrogens (tertiary/aromatic N) is 6. The minimum absolute atomic E-state index is 0.332. The van der Waals surface area contributed by atoms with Crippen molar-refractivity contribution < 1.29 is 9.49 Å². The Kier molecular flexibility index (Phi) is 2.97. The molecule has 0 bridgehead atoms. The maximum atomic E-state index is 11.2. The molecule has 0 spiro atoms. The van der Waals surface area contributed by atoms with Crippen LogP contribution in [0.4, 0.5) is 5.95 Å². The highest BCUT2D eigenvalue weighted by molar-refractivity contribution is 5.68. The Bertz CT molecular complexity index is 663. The molecule has 1 aliphatic rings. The molecular weight excluding hydrogens is 260 g/mol. The minimum Gasteiger partial charge on any atom is -0.264 e. The number of aryl methyl sites for hydroxylation is 1. The number of hydrogen-bond donors (Lipinski definition) is 0. The van der Waals surface area contributed by atoms with Gasteiger partial charge in [-0.1, -0.05) is 0 Å². The third-order valence-corrected chi connectivity index (χ3v) is 3.34. The van der Waals surface area contributed by atoms with E-state index in [1.54, 1.807) is 0 Å². The van der Waals surface area contributed by atoms with E-state index in [0.717, 1.165) is 5.56 Å². The summed E-state index contributed by atoms with van der Waals surface area (Å²) < 4.78 is 3.44. The molecule has 0 saturated heterocycles. The lowest BCUT2D eigenvalue weighted by atomic mass is 10.0. The molecule has 2 aromatic rings.